The first-order valence-corrected chi connectivity index (χ1v) is 11.1. The van der Waals surface area contributed by atoms with E-state index in [1.807, 2.05) is 59.3 Å². The zero-order valence-corrected chi connectivity index (χ0v) is 18.3. The lowest BCUT2D eigenvalue weighted by molar-refractivity contribution is -0.148. The number of fused-ring (bicyclic) bond motifs is 1. The van der Waals surface area contributed by atoms with Crippen LogP contribution in [0, 0.1) is 0 Å². The van der Waals surface area contributed by atoms with Gasteiger partial charge in [0.05, 0.1) is 11.4 Å². The Morgan fingerprint density at radius 2 is 1.79 bits per heavy atom. The Balaban J connectivity index is 1.48. The summed E-state index contributed by atoms with van der Waals surface area (Å²) in [5.74, 6) is 1.64. The molecule has 168 valence electrons. The molecule has 2 heterocycles. The Hall–Kier alpha value is -3.94. The van der Waals surface area contributed by atoms with Gasteiger partial charge in [-0.3, -0.25) is 4.79 Å². The second-order valence-corrected chi connectivity index (χ2v) is 8.24. The molecule has 0 saturated heterocycles. The van der Waals surface area contributed by atoms with Crippen molar-refractivity contribution in [3.05, 3.63) is 60.9 Å². The summed E-state index contributed by atoms with van der Waals surface area (Å²) in [5.41, 5.74) is 8.58. The minimum atomic E-state index is -0.254. The van der Waals surface area contributed by atoms with Gasteiger partial charge in [-0.25, -0.2) is 14.6 Å². The van der Waals surface area contributed by atoms with E-state index in [1.54, 1.807) is 0 Å². The van der Waals surface area contributed by atoms with Crippen molar-refractivity contribution in [1.82, 2.24) is 19.7 Å². The van der Waals surface area contributed by atoms with Crippen LogP contribution in [0.2, 0.25) is 0 Å². The van der Waals surface area contributed by atoms with Gasteiger partial charge in [0.15, 0.2) is 5.65 Å². The van der Waals surface area contributed by atoms with Crippen molar-refractivity contribution < 1.29 is 14.3 Å². The molecule has 1 fully saturated rings. The molecule has 2 atom stereocenters. The molecule has 5 rings (SSSR count). The topological polar surface area (TPSA) is 105 Å². The first-order chi connectivity index (χ1) is 16.1. The standard InChI is InChI=1S/C25H25N5O3/c1-16(31)32-21-9-5-6-18(14-21)30-25-22(24(26)27-15-28-25)23(29-30)17-10-12-20(13-11-17)33-19-7-3-2-4-8-19/h2-4,7-8,10-13,15,18,21H,5-6,9,14H2,1H3,(H2,26,27,28)/t18-,21?/m1/s1. The van der Waals surface area contributed by atoms with Crippen molar-refractivity contribution in [2.45, 2.75) is 44.8 Å². The number of benzene rings is 2. The van der Waals surface area contributed by atoms with E-state index in [0.29, 0.717) is 17.9 Å². The van der Waals surface area contributed by atoms with Crippen molar-refractivity contribution in [3.8, 4) is 22.8 Å². The average Bonchev–Trinajstić information content (AvgIpc) is 3.21. The van der Waals surface area contributed by atoms with E-state index in [2.05, 4.69) is 9.97 Å². The van der Waals surface area contributed by atoms with Crippen LogP contribution in [0.25, 0.3) is 22.3 Å². The van der Waals surface area contributed by atoms with Crippen LogP contribution in [0.4, 0.5) is 5.82 Å². The summed E-state index contributed by atoms with van der Waals surface area (Å²) < 4.78 is 13.3. The first kappa shape index (κ1) is 20.9. The maximum atomic E-state index is 11.5. The van der Waals surface area contributed by atoms with E-state index in [0.717, 1.165) is 47.4 Å². The molecule has 0 bridgehead atoms. The van der Waals surface area contributed by atoms with Crippen molar-refractivity contribution >= 4 is 22.8 Å². The highest BCUT2D eigenvalue weighted by Gasteiger charge is 2.29. The number of carbonyl (C=O) groups is 1. The molecule has 0 aliphatic heterocycles. The van der Waals surface area contributed by atoms with Gasteiger partial charge in [0.1, 0.15) is 35.4 Å². The number of hydrogen-bond donors (Lipinski definition) is 1. The van der Waals surface area contributed by atoms with E-state index < -0.39 is 0 Å². The fourth-order valence-electron chi connectivity index (χ4n) is 4.44. The quantitative estimate of drug-likeness (QED) is 0.437. The van der Waals surface area contributed by atoms with Gasteiger partial charge in [-0.1, -0.05) is 18.2 Å². The Labute approximate surface area is 191 Å². The van der Waals surface area contributed by atoms with Crippen LogP contribution in [0.3, 0.4) is 0 Å². The average molecular weight is 444 g/mol. The molecule has 4 aromatic rings. The minimum Gasteiger partial charge on any atom is -0.462 e. The summed E-state index contributed by atoms with van der Waals surface area (Å²) in [6.45, 7) is 1.45. The smallest absolute Gasteiger partial charge is 0.302 e. The third-order valence-corrected chi connectivity index (χ3v) is 5.90. The van der Waals surface area contributed by atoms with Crippen LogP contribution >= 0.6 is 0 Å². The molecular formula is C25H25N5O3. The number of carbonyl (C=O) groups excluding carboxylic acids is 1. The monoisotopic (exact) mass is 443 g/mol. The summed E-state index contributed by atoms with van der Waals surface area (Å²) in [6.07, 6.45) is 4.79. The van der Waals surface area contributed by atoms with Crippen LogP contribution in [-0.4, -0.2) is 31.8 Å². The van der Waals surface area contributed by atoms with Gasteiger partial charge in [-0.15, -0.1) is 0 Å². The Morgan fingerprint density at radius 1 is 1.03 bits per heavy atom. The Morgan fingerprint density at radius 3 is 2.55 bits per heavy atom. The molecule has 1 saturated carbocycles. The van der Waals surface area contributed by atoms with E-state index in [-0.39, 0.29) is 18.1 Å². The lowest BCUT2D eigenvalue weighted by Crippen LogP contribution is -2.27. The third-order valence-electron chi connectivity index (χ3n) is 5.90. The van der Waals surface area contributed by atoms with E-state index in [4.69, 9.17) is 20.3 Å². The highest BCUT2D eigenvalue weighted by Crippen LogP contribution is 2.37. The highest BCUT2D eigenvalue weighted by atomic mass is 16.5. The van der Waals surface area contributed by atoms with Crippen LogP contribution in [-0.2, 0) is 9.53 Å². The number of aromatic nitrogens is 4. The summed E-state index contributed by atoms with van der Waals surface area (Å²) in [6, 6.07) is 17.4. The maximum Gasteiger partial charge on any atom is 0.302 e. The molecule has 33 heavy (non-hydrogen) atoms. The van der Waals surface area contributed by atoms with Gasteiger partial charge in [0.2, 0.25) is 0 Å². The summed E-state index contributed by atoms with van der Waals surface area (Å²) in [5, 5.41) is 5.65. The lowest BCUT2D eigenvalue weighted by Gasteiger charge is -2.28. The molecule has 8 heteroatoms. The van der Waals surface area contributed by atoms with Crippen molar-refractivity contribution in [2.75, 3.05) is 5.73 Å². The summed E-state index contributed by atoms with van der Waals surface area (Å²) in [7, 11) is 0. The van der Waals surface area contributed by atoms with Crippen LogP contribution in [0.1, 0.15) is 38.6 Å². The third kappa shape index (κ3) is 4.37. The van der Waals surface area contributed by atoms with Crippen LogP contribution < -0.4 is 10.5 Å². The number of nitrogens with two attached hydrogens (primary N) is 1. The SMILES string of the molecule is CC(=O)OC1CCC[C@@H](n2nc(-c3ccc(Oc4ccccc4)cc3)c3c(N)ncnc32)C1. The molecular weight excluding hydrogens is 418 g/mol. The number of nitrogens with zero attached hydrogens (tertiary/aromatic N) is 4. The summed E-state index contributed by atoms with van der Waals surface area (Å²) >= 11 is 0. The molecule has 2 aromatic heterocycles. The highest BCUT2D eigenvalue weighted by molar-refractivity contribution is 5.98. The summed E-state index contributed by atoms with van der Waals surface area (Å²) in [4.78, 5) is 20.2. The molecule has 1 aliphatic carbocycles. The van der Waals surface area contributed by atoms with Gasteiger partial charge in [-0.05, 0) is 55.7 Å². The number of para-hydroxylation sites is 1. The van der Waals surface area contributed by atoms with Crippen molar-refractivity contribution in [1.29, 1.82) is 0 Å². The Bertz CT molecular complexity index is 1270. The number of ether oxygens (including phenoxy) is 2. The van der Waals surface area contributed by atoms with Crippen molar-refractivity contribution in [3.63, 3.8) is 0 Å². The first-order valence-electron chi connectivity index (χ1n) is 11.1. The zero-order chi connectivity index (χ0) is 22.8. The van der Waals surface area contributed by atoms with E-state index in [9.17, 15) is 4.79 Å². The normalized spacial score (nSPS) is 18.2. The van der Waals surface area contributed by atoms with Gasteiger partial charge in [0, 0.05) is 18.9 Å². The lowest BCUT2D eigenvalue weighted by atomic mass is 9.93. The molecule has 1 aliphatic rings. The van der Waals surface area contributed by atoms with E-state index in [1.165, 1.54) is 13.3 Å². The van der Waals surface area contributed by atoms with Crippen LogP contribution in [0.5, 0.6) is 11.5 Å². The number of hydrogen-bond acceptors (Lipinski definition) is 7. The molecule has 2 N–H and O–H groups in total. The Kier molecular flexibility index (Phi) is 5.64. The minimum absolute atomic E-state index is 0.0642. The molecule has 0 spiro atoms. The fraction of sp³-hybridized carbons (Fsp3) is 0.280. The van der Waals surface area contributed by atoms with Gasteiger partial charge in [-0.2, -0.15) is 5.10 Å². The second-order valence-electron chi connectivity index (χ2n) is 8.24. The largest absolute Gasteiger partial charge is 0.462 e. The van der Waals surface area contributed by atoms with Gasteiger partial charge in [0.25, 0.3) is 0 Å². The van der Waals surface area contributed by atoms with Gasteiger partial charge < -0.3 is 15.2 Å². The fourth-order valence-corrected chi connectivity index (χ4v) is 4.44. The predicted molar refractivity (Wildman–Crippen MR) is 125 cm³/mol. The molecule has 1 unspecified atom stereocenters. The predicted octanol–water partition coefficient (Wildman–Crippen LogP) is 4.91. The second kappa shape index (κ2) is 8.90. The maximum absolute atomic E-state index is 11.5. The zero-order valence-electron chi connectivity index (χ0n) is 18.3. The van der Waals surface area contributed by atoms with E-state index >= 15 is 0 Å². The molecule has 0 amide bonds. The number of nitrogen functional groups attached to an aromatic ring is 1. The van der Waals surface area contributed by atoms with Crippen molar-refractivity contribution in [2.24, 2.45) is 0 Å². The van der Waals surface area contributed by atoms with Gasteiger partial charge >= 0.3 is 5.97 Å². The number of anilines is 1. The molecule has 0 radical (unpaired) electrons. The molecule has 8 nitrogen and oxygen atoms in total. The molecule has 2 aromatic carbocycles. The van der Waals surface area contributed by atoms with Crippen LogP contribution in [0.15, 0.2) is 60.9 Å². The number of rotatable bonds is 5. The number of esters is 1.